The maximum Gasteiger partial charge on any atom is 0.248 e. The van der Waals surface area contributed by atoms with Crippen molar-refractivity contribution >= 4 is 40.8 Å². The SMILES string of the molecule is CCC(C)(C)NC(=O)[C@H](c1ccccc1Cl)N(C(=O)CCC(=O)Nc1cc(C)on1)c1cc(C)ccc1C. The standard InChI is InChI=1S/C29H35ClN4O4/c1-7-29(5,6)32-28(37)27(21-10-8-9-11-22(21)30)34(23-16-18(2)12-13-19(23)3)26(36)15-14-25(35)31-24-17-20(4)38-33-24/h8-13,16-17,27H,7,14-15H2,1-6H3,(H,32,37)(H,31,33,35)/t27-/m0/s1. The zero-order valence-electron chi connectivity index (χ0n) is 22.7. The molecule has 1 atom stereocenters. The second-order valence-corrected chi connectivity index (χ2v) is 10.5. The van der Waals surface area contributed by atoms with E-state index in [1.54, 1.807) is 37.3 Å². The van der Waals surface area contributed by atoms with Crippen LogP contribution < -0.4 is 15.5 Å². The fourth-order valence-electron chi connectivity index (χ4n) is 3.95. The Morgan fingerprint density at radius 1 is 1.05 bits per heavy atom. The number of rotatable bonds is 10. The number of hydrogen-bond acceptors (Lipinski definition) is 5. The maximum atomic E-state index is 13.9. The van der Waals surface area contributed by atoms with E-state index in [-0.39, 0.29) is 30.5 Å². The van der Waals surface area contributed by atoms with Crippen molar-refractivity contribution in [3.05, 3.63) is 76.0 Å². The molecule has 1 heterocycles. The maximum absolute atomic E-state index is 13.9. The number of nitrogens with one attached hydrogen (secondary N) is 2. The minimum Gasteiger partial charge on any atom is -0.360 e. The third-order valence-electron chi connectivity index (χ3n) is 6.41. The van der Waals surface area contributed by atoms with Gasteiger partial charge in [-0.15, -0.1) is 0 Å². The molecule has 38 heavy (non-hydrogen) atoms. The van der Waals surface area contributed by atoms with E-state index in [0.717, 1.165) is 11.1 Å². The molecule has 0 fully saturated rings. The van der Waals surface area contributed by atoms with Crippen molar-refractivity contribution < 1.29 is 18.9 Å². The van der Waals surface area contributed by atoms with Crippen LogP contribution in [-0.2, 0) is 14.4 Å². The van der Waals surface area contributed by atoms with Crippen LogP contribution in [0, 0.1) is 20.8 Å². The van der Waals surface area contributed by atoms with Gasteiger partial charge in [-0.25, -0.2) is 0 Å². The van der Waals surface area contributed by atoms with Crippen LogP contribution in [-0.4, -0.2) is 28.4 Å². The molecule has 0 bridgehead atoms. The quantitative estimate of drug-likeness (QED) is 0.327. The number of carbonyl (C=O) groups excluding carboxylic acids is 3. The average molecular weight is 539 g/mol. The Bertz CT molecular complexity index is 1320. The van der Waals surface area contributed by atoms with Crippen LogP contribution in [0.1, 0.15) is 68.5 Å². The number of hydrogen-bond donors (Lipinski definition) is 2. The zero-order valence-corrected chi connectivity index (χ0v) is 23.5. The first-order valence-electron chi connectivity index (χ1n) is 12.6. The summed E-state index contributed by atoms with van der Waals surface area (Å²) in [6.45, 7) is 11.3. The second-order valence-electron chi connectivity index (χ2n) is 10.1. The molecule has 9 heteroatoms. The van der Waals surface area contributed by atoms with E-state index in [2.05, 4.69) is 15.8 Å². The van der Waals surface area contributed by atoms with Gasteiger partial charge in [0.1, 0.15) is 11.8 Å². The van der Waals surface area contributed by atoms with Crippen molar-refractivity contribution in [3.63, 3.8) is 0 Å². The minimum absolute atomic E-state index is 0.108. The molecule has 2 aromatic carbocycles. The van der Waals surface area contributed by atoms with Gasteiger partial charge in [0.05, 0.1) is 0 Å². The Hall–Kier alpha value is -3.65. The Morgan fingerprint density at radius 2 is 1.76 bits per heavy atom. The van der Waals surface area contributed by atoms with Gasteiger partial charge in [0.25, 0.3) is 0 Å². The number of benzene rings is 2. The molecule has 3 amide bonds. The number of anilines is 2. The van der Waals surface area contributed by atoms with E-state index in [9.17, 15) is 14.4 Å². The summed E-state index contributed by atoms with van der Waals surface area (Å²) >= 11 is 6.60. The molecule has 3 rings (SSSR count). The lowest BCUT2D eigenvalue weighted by molar-refractivity contribution is -0.128. The second kappa shape index (κ2) is 12.3. The van der Waals surface area contributed by atoms with Gasteiger partial charge in [0.15, 0.2) is 5.82 Å². The fraction of sp³-hybridized carbons (Fsp3) is 0.379. The number of nitrogens with zero attached hydrogens (tertiary/aromatic N) is 2. The van der Waals surface area contributed by atoms with Gasteiger partial charge in [-0.2, -0.15) is 0 Å². The summed E-state index contributed by atoms with van der Waals surface area (Å²) in [5.41, 5.74) is 2.30. The Balaban J connectivity index is 2.03. The van der Waals surface area contributed by atoms with Crippen molar-refractivity contribution in [1.82, 2.24) is 10.5 Å². The highest BCUT2D eigenvalue weighted by Gasteiger charge is 2.36. The van der Waals surface area contributed by atoms with Gasteiger partial charge < -0.3 is 15.2 Å². The lowest BCUT2D eigenvalue weighted by Crippen LogP contribution is -2.50. The molecule has 2 N–H and O–H groups in total. The van der Waals surface area contributed by atoms with Gasteiger partial charge in [-0.1, -0.05) is 54.0 Å². The van der Waals surface area contributed by atoms with E-state index < -0.39 is 17.5 Å². The van der Waals surface area contributed by atoms with Crippen molar-refractivity contribution in [2.75, 3.05) is 10.2 Å². The highest BCUT2D eigenvalue weighted by molar-refractivity contribution is 6.31. The third kappa shape index (κ3) is 7.22. The van der Waals surface area contributed by atoms with E-state index in [0.29, 0.717) is 28.5 Å². The zero-order chi connectivity index (χ0) is 28.0. The van der Waals surface area contributed by atoms with Crippen LogP contribution in [0.3, 0.4) is 0 Å². The van der Waals surface area contributed by atoms with Crippen LogP contribution >= 0.6 is 11.6 Å². The van der Waals surface area contributed by atoms with Crippen molar-refractivity contribution in [2.45, 2.75) is 72.4 Å². The lowest BCUT2D eigenvalue weighted by Gasteiger charge is -2.36. The number of amides is 3. The molecular weight excluding hydrogens is 504 g/mol. The molecule has 202 valence electrons. The summed E-state index contributed by atoms with van der Waals surface area (Å²) in [6.07, 6.45) is 0.442. The first kappa shape index (κ1) is 28.9. The smallest absolute Gasteiger partial charge is 0.248 e. The summed E-state index contributed by atoms with van der Waals surface area (Å²) in [4.78, 5) is 41.9. The Morgan fingerprint density at radius 3 is 2.39 bits per heavy atom. The van der Waals surface area contributed by atoms with E-state index >= 15 is 0 Å². The van der Waals surface area contributed by atoms with Crippen LogP contribution in [0.4, 0.5) is 11.5 Å². The molecule has 0 aliphatic heterocycles. The first-order valence-corrected chi connectivity index (χ1v) is 13.0. The highest BCUT2D eigenvalue weighted by atomic mass is 35.5. The molecular formula is C29H35ClN4O4. The predicted molar refractivity (Wildman–Crippen MR) is 149 cm³/mol. The third-order valence-corrected chi connectivity index (χ3v) is 6.75. The predicted octanol–water partition coefficient (Wildman–Crippen LogP) is 6.05. The van der Waals surface area contributed by atoms with Gasteiger partial charge in [0.2, 0.25) is 17.7 Å². The first-order chi connectivity index (χ1) is 17.9. The molecule has 0 unspecified atom stereocenters. The summed E-state index contributed by atoms with van der Waals surface area (Å²) < 4.78 is 4.98. The average Bonchev–Trinajstić information content (AvgIpc) is 3.27. The topological polar surface area (TPSA) is 105 Å². The molecule has 0 aliphatic rings. The number of aromatic nitrogens is 1. The number of aryl methyl sites for hydroxylation is 3. The Kier molecular flexibility index (Phi) is 9.33. The summed E-state index contributed by atoms with van der Waals surface area (Å²) in [5, 5.41) is 9.84. The van der Waals surface area contributed by atoms with Crippen molar-refractivity contribution in [2.24, 2.45) is 0 Å². The number of carbonyl (C=O) groups is 3. The largest absolute Gasteiger partial charge is 0.360 e. The van der Waals surface area contributed by atoms with Gasteiger partial charge in [0, 0.05) is 40.7 Å². The molecule has 0 saturated carbocycles. The lowest BCUT2D eigenvalue weighted by atomic mass is 9.97. The van der Waals surface area contributed by atoms with Gasteiger partial charge in [-0.3, -0.25) is 19.3 Å². The summed E-state index contributed by atoms with van der Waals surface area (Å²) in [5.74, 6) is -0.303. The molecule has 0 aliphatic carbocycles. The highest BCUT2D eigenvalue weighted by Crippen LogP contribution is 2.35. The van der Waals surface area contributed by atoms with E-state index in [1.807, 2.05) is 52.8 Å². The summed E-state index contributed by atoms with van der Waals surface area (Å²) in [6, 6.07) is 13.3. The molecule has 0 spiro atoms. The number of halogens is 1. The van der Waals surface area contributed by atoms with Crippen molar-refractivity contribution in [1.29, 1.82) is 0 Å². The van der Waals surface area contributed by atoms with Crippen LogP contribution in [0.25, 0.3) is 0 Å². The molecule has 1 aromatic heterocycles. The molecule has 0 saturated heterocycles. The van der Waals surface area contributed by atoms with Crippen LogP contribution in [0.2, 0.25) is 5.02 Å². The van der Waals surface area contributed by atoms with E-state index in [1.165, 1.54) is 4.90 Å². The summed E-state index contributed by atoms with van der Waals surface area (Å²) in [7, 11) is 0. The van der Waals surface area contributed by atoms with Crippen LogP contribution in [0.15, 0.2) is 53.1 Å². The van der Waals surface area contributed by atoms with Gasteiger partial charge in [-0.05, 0) is 64.3 Å². The minimum atomic E-state index is -1.05. The molecule has 0 radical (unpaired) electrons. The monoisotopic (exact) mass is 538 g/mol. The van der Waals surface area contributed by atoms with Crippen molar-refractivity contribution in [3.8, 4) is 0 Å². The molecule has 3 aromatic rings. The van der Waals surface area contributed by atoms with Gasteiger partial charge >= 0.3 is 0 Å². The van der Waals surface area contributed by atoms with Crippen LogP contribution in [0.5, 0.6) is 0 Å². The Labute approximate surface area is 228 Å². The fourth-order valence-corrected chi connectivity index (χ4v) is 4.19. The molecule has 8 nitrogen and oxygen atoms in total. The van der Waals surface area contributed by atoms with E-state index in [4.69, 9.17) is 16.1 Å². The normalized spacial score (nSPS) is 12.1.